The molecule has 1 aromatic carbocycles. The Morgan fingerprint density at radius 3 is 2.87 bits per heavy atom. The molecule has 31 heavy (non-hydrogen) atoms. The second-order valence-corrected chi connectivity index (χ2v) is 10.00. The number of aliphatic hydroxyl groups is 1. The van der Waals surface area contributed by atoms with E-state index in [1.165, 1.54) is 11.1 Å². The molecule has 3 N–H and O–H groups in total. The van der Waals surface area contributed by atoms with E-state index in [0.29, 0.717) is 30.0 Å². The predicted octanol–water partition coefficient (Wildman–Crippen LogP) is 3.25. The van der Waals surface area contributed by atoms with E-state index in [1.54, 1.807) is 18.5 Å². The van der Waals surface area contributed by atoms with Gasteiger partial charge in [0.2, 0.25) is 5.91 Å². The molecule has 0 radical (unpaired) electrons. The smallest absolute Gasteiger partial charge is 0.226 e. The first-order chi connectivity index (χ1) is 14.9. The molecule has 164 valence electrons. The summed E-state index contributed by atoms with van der Waals surface area (Å²) in [5, 5.41) is 24.1. The monoisotopic (exact) mass is 421 g/mol. The zero-order chi connectivity index (χ0) is 21.8. The summed E-state index contributed by atoms with van der Waals surface area (Å²) in [5.41, 5.74) is 3.97. The van der Waals surface area contributed by atoms with Gasteiger partial charge in [-0.15, -0.1) is 0 Å². The number of phenols is 1. The van der Waals surface area contributed by atoms with E-state index < -0.39 is 6.10 Å². The molecule has 0 bridgehead atoms. The van der Waals surface area contributed by atoms with Crippen molar-refractivity contribution in [3.8, 4) is 5.75 Å². The van der Waals surface area contributed by atoms with Gasteiger partial charge in [0.25, 0.3) is 0 Å². The minimum absolute atomic E-state index is 0.0804. The Morgan fingerprint density at radius 1 is 1.26 bits per heavy atom. The number of nitrogens with one attached hydrogen (secondary N) is 1. The van der Waals surface area contributed by atoms with Crippen molar-refractivity contribution >= 4 is 5.91 Å². The van der Waals surface area contributed by atoms with Gasteiger partial charge in [0, 0.05) is 6.20 Å². The molecular formula is C25H31N3O3. The first-order valence-corrected chi connectivity index (χ1v) is 11.4. The Morgan fingerprint density at radius 2 is 2.10 bits per heavy atom. The molecule has 2 fully saturated rings. The van der Waals surface area contributed by atoms with Crippen LogP contribution in [0.1, 0.15) is 61.0 Å². The minimum Gasteiger partial charge on any atom is -0.508 e. The van der Waals surface area contributed by atoms with Crippen molar-refractivity contribution in [1.82, 2.24) is 15.3 Å². The highest BCUT2D eigenvalue weighted by Gasteiger charge is 2.59. The third-order valence-corrected chi connectivity index (χ3v) is 8.33. The van der Waals surface area contributed by atoms with Crippen molar-refractivity contribution in [2.24, 2.45) is 23.2 Å². The lowest BCUT2D eigenvalue weighted by molar-refractivity contribution is -0.129. The Hall–Kier alpha value is -2.47. The third kappa shape index (κ3) is 3.41. The molecule has 3 aliphatic rings. The lowest BCUT2D eigenvalue weighted by Gasteiger charge is -2.50. The quantitative estimate of drug-likeness (QED) is 0.707. The standard InChI is InChI=1S/C25H31N3O3/c1-14-11-27-16(12-26-14)13-28-24(31)21-10-22-20-5-3-15-9-17(29)4-6-18(15)19(20)7-8-25(22,2)23(21)30/h4,6,9,11-12,19-23,29-30H,3,5,7-8,10,13H2,1-2H3,(H,28,31)/t19-,20-,21?,22+,23+,25+/m1/s1. The SMILES string of the molecule is Cc1cnc(CNC(=O)C2C[C@H]3[C@@H]4CCc5cc(O)ccc5[C@H]4CC[C@]3(C)[C@H]2O)cn1. The number of amides is 1. The Labute approximate surface area is 183 Å². The number of hydrogen-bond acceptors (Lipinski definition) is 5. The summed E-state index contributed by atoms with van der Waals surface area (Å²) >= 11 is 0. The Kier molecular flexibility index (Phi) is 5.00. The summed E-state index contributed by atoms with van der Waals surface area (Å²) in [5.74, 6) is 1.14. The van der Waals surface area contributed by atoms with Gasteiger partial charge in [-0.05, 0) is 85.5 Å². The molecule has 1 heterocycles. The van der Waals surface area contributed by atoms with E-state index in [1.807, 2.05) is 13.0 Å². The van der Waals surface area contributed by atoms with Crippen LogP contribution in [0, 0.1) is 30.1 Å². The minimum atomic E-state index is -0.622. The molecule has 6 nitrogen and oxygen atoms in total. The molecule has 6 atom stereocenters. The van der Waals surface area contributed by atoms with E-state index in [-0.39, 0.29) is 17.2 Å². The summed E-state index contributed by atoms with van der Waals surface area (Å²) < 4.78 is 0. The van der Waals surface area contributed by atoms with Crippen LogP contribution in [0.3, 0.4) is 0 Å². The summed E-state index contributed by atoms with van der Waals surface area (Å²) in [6, 6.07) is 5.79. The molecule has 3 aliphatic carbocycles. The zero-order valence-corrected chi connectivity index (χ0v) is 18.2. The van der Waals surface area contributed by atoms with Crippen LogP contribution < -0.4 is 5.32 Å². The number of phenolic OH excluding ortho intramolecular Hbond substituents is 1. The van der Waals surface area contributed by atoms with Gasteiger partial charge in [-0.25, -0.2) is 0 Å². The van der Waals surface area contributed by atoms with E-state index in [0.717, 1.165) is 43.5 Å². The highest BCUT2D eigenvalue weighted by atomic mass is 16.3. The lowest BCUT2D eigenvalue weighted by atomic mass is 9.55. The van der Waals surface area contributed by atoms with Crippen LogP contribution in [0.5, 0.6) is 5.75 Å². The summed E-state index contributed by atoms with van der Waals surface area (Å²) in [4.78, 5) is 21.6. The maximum atomic E-state index is 13.0. The third-order valence-electron chi connectivity index (χ3n) is 8.33. The normalized spacial score (nSPS) is 33.8. The zero-order valence-electron chi connectivity index (χ0n) is 18.2. The van der Waals surface area contributed by atoms with Crippen molar-refractivity contribution in [3.63, 3.8) is 0 Å². The molecule has 0 spiro atoms. The Balaban J connectivity index is 1.32. The fraction of sp³-hybridized carbons (Fsp3) is 0.560. The van der Waals surface area contributed by atoms with Gasteiger partial charge in [0.1, 0.15) is 5.75 Å². The number of aromatic nitrogens is 2. The van der Waals surface area contributed by atoms with Crippen LogP contribution in [0.2, 0.25) is 0 Å². The van der Waals surface area contributed by atoms with E-state index in [2.05, 4.69) is 28.3 Å². The molecule has 1 amide bonds. The average molecular weight is 422 g/mol. The maximum absolute atomic E-state index is 13.0. The molecule has 0 aliphatic heterocycles. The largest absolute Gasteiger partial charge is 0.508 e. The molecule has 2 aromatic rings. The van der Waals surface area contributed by atoms with Crippen LogP contribution >= 0.6 is 0 Å². The van der Waals surface area contributed by atoms with E-state index >= 15 is 0 Å². The van der Waals surface area contributed by atoms with Gasteiger partial charge in [-0.2, -0.15) is 0 Å². The second kappa shape index (κ2) is 7.59. The van der Waals surface area contributed by atoms with E-state index in [4.69, 9.17) is 0 Å². The number of fused-ring (bicyclic) bond motifs is 5. The highest BCUT2D eigenvalue weighted by Crippen LogP contribution is 2.62. The second-order valence-electron chi connectivity index (χ2n) is 10.00. The predicted molar refractivity (Wildman–Crippen MR) is 116 cm³/mol. The topological polar surface area (TPSA) is 95.3 Å². The number of aryl methyl sites for hydroxylation is 2. The first kappa shape index (κ1) is 20.4. The van der Waals surface area contributed by atoms with Gasteiger partial charge in [0.05, 0.1) is 36.2 Å². The Bertz CT molecular complexity index is 992. The van der Waals surface area contributed by atoms with Gasteiger partial charge >= 0.3 is 0 Å². The van der Waals surface area contributed by atoms with Crippen LogP contribution in [-0.4, -0.2) is 32.2 Å². The van der Waals surface area contributed by atoms with E-state index in [9.17, 15) is 15.0 Å². The van der Waals surface area contributed by atoms with Crippen molar-refractivity contribution in [3.05, 3.63) is 53.1 Å². The molecule has 5 rings (SSSR count). The summed E-state index contributed by atoms with van der Waals surface area (Å²) in [6.07, 6.45) is 7.46. The molecule has 6 heteroatoms. The van der Waals surface area contributed by atoms with Crippen LogP contribution in [0.4, 0.5) is 0 Å². The van der Waals surface area contributed by atoms with Gasteiger partial charge in [0.15, 0.2) is 0 Å². The first-order valence-electron chi connectivity index (χ1n) is 11.4. The molecular weight excluding hydrogens is 390 g/mol. The molecule has 1 aromatic heterocycles. The number of hydrogen-bond donors (Lipinski definition) is 3. The van der Waals surface area contributed by atoms with Crippen molar-refractivity contribution < 1.29 is 15.0 Å². The maximum Gasteiger partial charge on any atom is 0.226 e. The molecule has 1 unspecified atom stereocenters. The van der Waals surface area contributed by atoms with Gasteiger partial charge in [-0.3, -0.25) is 14.8 Å². The van der Waals surface area contributed by atoms with Crippen molar-refractivity contribution in [2.45, 2.75) is 64.5 Å². The van der Waals surface area contributed by atoms with Crippen molar-refractivity contribution in [2.75, 3.05) is 0 Å². The van der Waals surface area contributed by atoms with Gasteiger partial charge < -0.3 is 15.5 Å². The number of benzene rings is 1. The fourth-order valence-corrected chi connectivity index (χ4v) is 6.66. The number of carbonyl (C=O) groups excluding carboxylic acids is 1. The number of nitrogens with zero attached hydrogens (tertiary/aromatic N) is 2. The summed E-state index contributed by atoms with van der Waals surface area (Å²) in [7, 11) is 0. The highest BCUT2D eigenvalue weighted by molar-refractivity contribution is 5.79. The number of rotatable bonds is 3. The average Bonchev–Trinajstić information content (AvgIpc) is 3.04. The number of carbonyl (C=O) groups is 1. The molecule has 2 saturated carbocycles. The van der Waals surface area contributed by atoms with Gasteiger partial charge in [-0.1, -0.05) is 13.0 Å². The number of aromatic hydroxyl groups is 1. The van der Waals surface area contributed by atoms with Crippen LogP contribution in [-0.2, 0) is 17.8 Å². The van der Waals surface area contributed by atoms with Crippen LogP contribution in [0.25, 0.3) is 0 Å². The fourth-order valence-electron chi connectivity index (χ4n) is 6.66. The van der Waals surface area contributed by atoms with Crippen molar-refractivity contribution in [1.29, 1.82) is 0 Å². The lowest BCUT2D eigenvalue weighted by Crippen LogP contribution is -2.45. The molecule has 0 saturated heterocycles. The summed E-state index contributed by atoms with van der Waals surface area (Å²) in [6.45, 7) is 4.40. The number of aliphatic hydroxyl groups excluding tert-OH is 1. The van der Waals surface area contributed by atoms with Crippen LogP contribution in [0.15, 0.2) is 30.6 Å².